The molecule has 1 atom stereocenters. The van der Waals surface area contributed by atoms with E-state index in [1.54, 1.807) is 39.1 Å². The van der Waals surface area contributed by atoms with Crippen LogP contribution in [0.1, 0.15) is 65.5 Å². The second-order valence-electron chi connectivity index (χ2n) is 10.1. The van der Waals surface area contributed by atoms with Gasteiger partial charge in [0.15, 0.2) is 0 Å². The molecule has 1 aliphatic rings. The Balaban J connectivity index is 1.87. The van der Waals surface area contributed by atoms with Gasteiger partial charge in [0.05, 0.1) is 6.04 Å². The van der Waals surface area contributed by atoms with Crippen LogP contribution >= 0.6 is 0 Å². The molecule has 2 N–H and O–H groups in total. The Labute approximate surface area is 209 Å². The predicted molar refractivity (Wildman–Crippen MR) is 131 cm³/mol. The zero-order valence-corrected chi connectivity index (χ0v) is 21.4. The molecule has 0 bridgehead atoms. The van der Waals surface area contributed by atoms with Gasteiger partial charge in [-0.3, -0.25) is 4.79 Å². The summed E-state index contributed by atoms with van der Waals surface area (Å²) in [6, 6.07) is 4.30. The first kappa shape index (κ1) is 27.2. The second-order valence-corrected chi connectivity index (χ2v) is 10.1. The molecule has 0 saturated carbocycles. The van der Waals surface area contributed by atoms with Crippen molar-refractivity contribution in [3.05, 3.63) is 35.5 Å². The van der Waals surface area contributed by atoms with E-state index in [4.69, 9.17) is 14.2 Å². The first-order valence-electron chi connectivity index (χ1n) is 11.8. The summed E-state index contributed by atoms with van der Waals surface area (Å²) in [7, 11) is 0. The quantitative estimate of drug-likeness (QED) is 0.467. The molecule has 1 aromatic carbocycles. The van der Waals surface area contributed by atoms with E-state index in [1.165, 1.54) is 13.0 Å². The first-order valence-corrected chi connectivity index (χ1v) is 11.8. The number of nitrogens with one attached hydrogen (secondary N) is 2. The maximum absolute atomic E-state index is 14.3. The van der Waals surface area contributed by atoms with Gasteiger partial charge in [0, 0.05) is 24.2 Å². The third kappa shape index (κ3) is 7.05. The van der Waals surface area contributed by atoms with E-state index in [0.717, 1.165) is 0 Å². The molecule has 2 amide bonds. The number of benzene rings is 1. The van der Waals surface area contributed by atoms with E-state index in [2.05, 4.69) is 15.6 Å². The van der Waals surface area contributed by atoms with Gasteiger partial charge in [0.1, 0.15) is 41.7 Å². The van der Waals surface area contributed by atoms with Crippen molar-refractivity contribution in [2.75, 3.05) is 11.9 Å². The molecule has 0 saturated heterocycles. The molecule has 10 heteroatoms. The number of hydrogen-bond donors (Lipinski definition) is 2. The fourth-order valence-corrected chi connectivity index (χ4v) is 3.93. The molecule has 0 fully saturated rings. The van der Waals surface area contributed by atoms with Crippen molar-refractivity contribution in [3.8, 4) is 22.6 Å². The SMILES string of the molecule is CC(=O)Nc1cc2c(cn1)COc1c-2ccc(OCC(CC(C)C)NC(=O)OC(C)(C)C)c1C(F)F. The van der Waals surface area contributed by atoms with Crippen LogP contribution in [-0.2, 0) is 16.1 Å². The van der Waals surface area contributed by atoms with Crippen LogP contribution in [0, 0.1) is 5.92 Å². The Morgan fingerprint density at radius 2 is 1.92 bits per heavy atom. The number of carbonyl (C=O) groups excluding carboxylic acids is 2. The molecule has 1 aliphatic heterocycles. The summed E-state index contributed by atoms with van der Waals surface area (Å²) in [6.45, 7) is 10.6. The number of nitrogens with zero attached hydrogens (tertiary/aromatic N) is 1. The molecular formula is C26H33F2N3O5. The highest BCUT2D eigenvalue weighted by atomic mass is 19.3. The van der Waals surface area contributed by atoms with Crippen molar-refractivity contribution in [3.63, 3.8) is 0 Å². The number of carbonyl (C=O) groups is 2. The van der Waals surface area contributed by atoms with Crippen molar-refractivity contribution in [2.45, 2.75) is 72.6 Å². The molecule has 3 rings (SSSR count). The number of hydrogen-bond acceptors (Lipinski definition) is 6. The average molecular weight is 506 g/mol. The number of aromatic nitrogens is 1. The van der Waals surface area contributed by atoms with Crippen LogP contribution < -0.4 is 20.1 Å². The molecule has 8 nitrogen and oxygen atoms in total. The number of ether oxygens (including phenoxy) is 3. The van der Waals surface area contributed by atoms with Crippen molar-refractivity contribution in [1.29, 1.82) is 0 Å². The van der Waals surface area contributed by atoms with Gasteiger partial charge in [-0.1, -0.05) is 13.8 Å². The zero-order chi connectivity index (χ0) is 26.6. The van der Waals surface area contributed by atoms with Gasteiger partial charge >= 0.3 is 6.09 Å². The predicted octanol–water partition coefficient (Wildman–Crippen LogP) is 5.86. The highest BCUT2D eigenvalue weighted by Gasteiger charge is 2.29. The summed E-state index contributed by atoms with van der Waals surface area (Å²) < 4.78 is 45.4. The number of anilines is 1. The number of alkyl carbamates (subject to hydrolysis) is 1. The summed E-state index contributed by atoms with van der Waals surface area (Å²) in [6.07, 6.45) is -1.35. The van der Waals surface area contributed by atoms with E-state index in [0.29, 0.717) is 28.9 Å². The van der Waals surface area contributed by atoms with Gasteiger partial charge < -0.3 is 24.8 Å². The number of rotatable bonds is 8. The summed E-state index contributed by atoms with van der Waals surface area (Å²) in [4.78, 5) is 27.9. The molecule has 0 radical (unpaired) electrons. The van der Waals surface area contributed by atoms with E-state index < -0.39 is 24.2 Å². The lowest BCUT2D eigenvalue weighted by Crippen LogP contribution is -2.42. The maximum atomic E-state index is 14.3. The Hall–Kier alpha value is -3.43. The first-order chi connectivity index (χ1) is 16.8. The van der Waals surface area contributed by atoms with Crippen LogP contribution in [0.15, 0.2) is 24.4 Å². The normalized spacial score (nSPS) is 13.4. The van der Waals surface area contributed by atoms with E-state index >= 15 is 0 Å². The minimum atomic E-state index is -2.87. The highest BCUT2D eigenvalue weighted by Crippen LogP contribution is 2.47. The van der Waals surface area contributed by atoms with Crippen molar-refractivity contribution in [2.24, 2.45) is 5.92 Å². The third-order valence-corrected chi connectivity index (χ3v) is 5.24. The number of fused-ring (bicyclic) bond motifs is 3. The maximum Gasteiger partial charge on any atom is 0.407 e. The van der Waals surface area contributed by atoms with Crippen LogP contribution in [-0.4, -0.2) is 35.2 Å². The van der Waals surface area contributed by atoms with Crippen LogP contribution in [0.2, 0.25) is 0 Å². The Morgan fingerprint density at radius 1 is 1.19 bits per heavy atom. The number of pyridine rings is 1. The summed E-state index contributed by atoms with van der Waals surface area (Å²) in [5.41, 5.74) is 0.782. The third-order valence-electron chi connectivity index (χ3n) is 5.24. The van der Waals surface area contributed by atoms with Gasteiger partial charge in [-0.05, 0) is 56.9 Å². The minimum absolute atomic E-state index is 0.0236. The van der Waals surface area contributed by atoms with Crippen molar-refractivity contribution in [1.82, 2.24) is 10.3 Å². The van der Waals surface area contributed by atoms with Gasteiger partial charge in [-0.15, -0.1) is 0 Å². The second kappa shape index (κ2) is 11.1. The molecule has 1 unspecified atom stereocenters. The Morgan fingerprint density at radius 3 is 2.53 bits per heavy atom. The Kier molecular flexibility index (Phi) is 8.37. The summed E-state index contributed by atoms with van der Waals surface area (Å²) in [5, 5.41) is 5.38. The molecule has 1 aromatic heterocycles. The minimum Gasteiger partial charge on any atom is -0.491 e. The molecular weight excluding hydrogens is 472 g/mol. The number of amides is 2. The highest BCUT2D eigenvalue weighted by molar-refractivity contribution is 5.89. The molecule has 2 heterocycles. The Bertz CT molecular complexity index is 1120. The largest absolute Gasteiger partial charge is 0.491 e. The van der Waals surface area contributed by atoms with E-state index in [-0.39, 0.29) is 42.1 Å². The number of alkyl halides is 2. The van der Waals surface area contributed by atoms with E-state index in [1.807, 2.05) is 13.8 Å². The van der Waals surface area contributed by atoms with Gasteiger partial charge in [-0.2, -0.15) is 0 Å². The van der Waals surface area contributed by atoms with Gasteiger partial charge in [-0.25, -0.2) is 18.6 Å². The van der Waals surface area contributed by atoms with Crippen LogP contribution in [0.25, 0.3) is 11.1 Å². The fraction of sp³-hybridized carbons (Fsp3) is 0.500. The lowest BCUT2D eigenvalue weighted by Gasteiger charge is -2.27. The lowest BCUT2D eigenvalue weighted by atomic mass is 9.95. The van der Waals surface area contributed by atoms with Crippen LogP contribution in [0.4, 0.5) is 19.4 Å². The zero-order valence-electron chi connectivity index (χ0n) is 21.4. The van der Waals surface area contributed by atoms with Crippen molar-refractivity contribution < 1.29 is 32.6 Å². The fourth-order valence-electron chi connectivity index (χ4n) is 3.93. The van der Waals surface area contributed by atoms with Gasteiger partial charge in [0.25, 0.3) is 6.43 Å². The molecule has 2 aromatic rings. The topological polar surface area (TPSA) is 98.8 Å². The smallest absolute Gasteiger partial charge is 0.407 e. The molecule has 0 spiro atoms. The van der Waals surface area contributed by atoms with E-state index in [9.17, 15) is 18.4 Å². The summed E-state index contributed by atoms with van der Waals surface area (Å²) >= 11 is 0. The monoisotopic (exact) mass is 505 g/mol. The average Bonchev–Trinajstić information content (AvgIpc) is 2.74. The molecule has 0 aliphatic carbocycles. The summed E-state index contributed by atoms with van der Waals surface area (Å²) in [5.74, 6) is 0.247. The van der Waals surface area contributed by atoms with Crippen LogP contribution in [0.5, 0.6) is 11.5 Å². The van der Waals surface area contributed by atoms with Gasteiger partial charge in [0.2, 0.25) is 5.91 Å². The molecule has 196 valence electrons. The number of halogens is 2. The lowest BCUT2D eigenvalue weighted by molar-refractivity contribution is -0.114. The molecule has 36 heavy (non-hydrogen) atoms. The van der Waals surface area contributed by atoms with Crippen LogP contribution in [0.3, 0.4) is 0 Å². The standard InChI is InChI=1S/C26H33F2N3O5/c1-14(2)9-17(31-25(33)36-26(4,5)6)13-34-20-8-7-18-19-10-21(30-15(3)32)29-11-16(19)12-35-23(18)22(20)24(27)28/h7-8,10-11,14,17,24H,9,12-13H2,1-6H3,(H,31,33)(H,29,30,32). The van der Waals surface area contributed by atoms with Crippen molar-refractivity contribution >= 4 is 17.8 Å².